The normalized spacial score (nSPS) is 10.9. The van der Waals surface area contributed by atoms with Crippen LogP contribution in [0.2, 0.25) is 0 Å². The Bertz CT molecular complexity index is 881. The van der Waals surface area contributed by atoms with Crippen LogP contribution in [-0.2, 0) is 4.74 Å². The zero-order valence-corrected chi connectivity index (χ0v) is 14.4. The van der Waals surface area contributed by atoms with E-state index in [2.05, 4.69) is 15.2 Å². The number of aryl methyl sites for hydroxylation is 1. The van der Waals surface area contributed by atoms with Gasteiger partial charge in [-0.2, -0.15) is 0 Å². The first-order chi connectivity index (χ1) is 12.2. The Balaban J connectivity index is 2.41. The lowest BCUT2D eigenvalue weighted by atomic mass is 10.1. The van der Waals surface area contributed by atoms with Gasteiger partial charge in [0.25, 0.3) is 0 Å². The quantitative estimate of drug-likeness (QED) is 0.531. The van der Waals surface area contributed by atoms with Gasteiger partial charge in [-0.3, -0.25) is 0 Å². The molecule has 0 aliphatic heterocycles. The van der Waals surface area contributed by atoms with Crippen LogP contribution in [0.1, 0.15) is 49.3 Å². The SMILES string of the molecule is CCOC(=O)c1c(C)[nH]c(N=Nc2cc(C(=O)O)cc(C(=O)O)c2)c1C. The highest BCUT2D eigenvalue weighted by Gasteiger charge is 2.19. The summed E-state index contributed by atoms with van der Waals surface area (Å²) in [7, 11) is 0. The maximum absolute atomic E-state index is 12.0. The summed E-state index contributed by atoms with van der Waals surface area (Å²) in [5, 5.41) is 26.0. The van der Waals surface area contributed by atoms with Gasteiger partial charge in [0.05, 0.1) is 29.0 Å². The smallest absolute Gasteiger partial charge is 0.340 e. The second-order valence-electron chi connectivity index (χ2n) is 5.40. The number of aromatic amines is 1. The van der Waals surface area contributed by atoms with E-state index in [1.165, 1.54) is 12.1 Å². The monoisotopic (exact) mass is 359 g/mol. The number of hydrogen-bond donors (Lipinski definition) is 3. The fourth-order valence-electron chi connectivity index (χ4n) is 2.37. The molecule has 136 valence electrons. The number of rotatable bonds is 6. The standard InChI is InChI=1S/C17H17N3O6/c1-4-26-17(25)13-8(2)14(18-9(13)3)20-19-12-6-10(15(21)22)5-11(7-12)16(23)24/h5-7,18H,4H2,1-3H3,(H,21,22)(H,23,24). The molecule has 9 nitrogen and oxygen atoms in total. The number of esters is 1. The van der Waals surface area contributed by atoms with E-state index in [4.69, 9.17) is 14.9 Å². The second kappa shape index (κ2) is 7.60. The lowest BCUT2D eigenvalue weighted by Crippen LogP contribution is -2.06. The van der Waals surface area contributed by atoms with Crippen molar-refractivity contribution in [1.82, 2.24) is 4.98 Å². The zero-order chi connectivity index (χ0) is 19.4. The summed E-state index contributed by atoms with van der Waals surface area (Å²) in [5.74, 6) is -2.74. The summed E-state index contributed by atoms with van der Waals surface area (Å²) < 4.78 is 4.99. The number of carboxylic acid groups (broad SMARTS) is 2. The molecule has 0 spiro atoms. The number of ether oxygens (including phenoxy) is 1. The van der Waals surface area contributed by atoms with Crippen LogP contribution in [-0.4, -0.2) is 39.7 Å². The predicted octanol–water partition coefficient (Wildman–Crippen LogP) is 3.62. The first kappa shape index (κ1) is 18.8. The number of benzene rings is 1. The molecule has 9 heteroatoms. The van der Waals surface area contributed by atoms with E-state index < -0.39 is 17.9 Å². The van der Waals surface area contributed by atoms with Crippen LogP contribution in [0.4, 0.5) is 11.5 Å². The van der Waals surface area contributed by atoms with Crippen LogP contribution in [0.5, 0.6) is 0 Å². The molecule has 0 atom stereocenters. The first-order valence-corrected chi connectivity index (χ1v) is 7.64. The van der Waals surface area contributed by atoms with Crippen molar-refractivity contribution in [3.8, 4) is 0 Å². The highest BCUT2D eigenvalue weighted by Crippen LogP contribution is 2.28. The molecule has 0 aliphatic rings. The number of carbonyl (C=O) groups is 3. The van der Waals surface area contributed by atoms with Gasteiger partial charge >= 0.3 is 17.9 Å². The number of aromatic carboxylic acids is 2. The third-order valence-electron chi connectivity index (χ3n) is 3.57. The molecule has 0 aliphatic carbocycles. The van der Waals surface area contributed by atoms with Gasteiger partial charge in [0.1, 0.15) is 0 Å². The molecule has 3 N–H and O–H groups in total. The van der Waals surface area contributed by atoms with E-state index in [0.29, 0.717) is 22.6 Å². The highest BCUT2D eigenvalue weighted by atomic mass is 16.5. The van der Waals surface area contributed by atoms with E-state index in [1.807, 2.05) is 0 Å². The minimum atomic E-state index is -1.28. The van der Waals surface area contributed by atoms with Crippen molar-refractivity contribution in [2.24, 2.45) is 10.2 Å². The molecule has 0 radical (unpaired) electrons. The van der Waals surface area contributed by atoms with Crippen molar-refractivity contribution in [2.75, 3.05) is 6.61 Å². The Morgan fingerprint density at radius 1 is 1.04 bits per heavy atom. The third-order valence-corrected chi connectivity index (χ3v) is 3.57. The molecule has 0 saturated carbocycles. The fraction of sp³-hybridized carbons (Fsp3) is 0.235. The zero-order valence-electron chi connectivity index (χ0n) is 14.4. The topological polar surface area (TPSA) is 141 Å². The summed E-state index contributed by atoms with van der Waals surface area (Å²) in [6.45, 7) is 5.29. The van der Waals surface area contributed by atoms with E-state index in [0.717, 1.165) is 6.07 Å². The van der Waals surface area contributed by atoms with Gasteiger partial charge in [-0.15, -0.1) is 10.2 Å². The molecule has 2 rings (SSSR count). The average molecular weight is 359 g/mol. The summed E-state index contributed by atoms with van der Waals surface area (Å²) in [6, 6.07) is 3.44. The lowest BCUT2D eigenvalue weighted by Gasteiger charge is -2.01. The van der Waals surface area contributed by atoms with Crippen molar-refractivity contribution >= 4 is 29.4 Å². The van der Waals surface area contributed by atoms with Gasteiger partial charge in [-0.05, 0) is 39.0 Å². The van der Waals surface area contributed by atoms with Crippen molar-refractivity contribution in [3.63, 3.8) is 0 Å². The molecule has 0 bridgehead atoms. The molecule has 26 heavy (non-hydrogen) atoms. The van der Waals surface area contributed by atoms with E-state index >= 15 is 0 Å². The first-order valence-electron chi connectivity index (χ1n) is 7.64. The van der Waals surface area contributed by atoms with Crippen molar-refractivity contribution in [1.29, 1.82) is 0 Å². The molecule has 0 amide bonds. The molecule has 1 aromatic carbocycles. The number of nitrogens with zero attached hydrogens (tertiary/aromatic N) is 2. The van der Waals surface area contributed by atoms with Crippen molar-refractivity contribution in [2.45, 2.75) is 20.8 Å². The van der Waals surface area contributed by atoms with Crippen molar-refractivity contribution < 1.29 is 29.3 Å². The number of azo groups is 1. The fourth-order valence-corrected chi connectivity index (χ4v) is 2.37. The van der Waals surface area contributed by atoms with Crippen LogP contribution in [0, 0.1) is 13.8 Å². The summed E-state index contributed by atoms with van der Waals surface area (Å²) in [6.07, 6.45) is 0. The Morgan fingerprint density at radius 2 is 1.62 bits per heavy atom. The number of hydrogen-bond acceptors (Lipinski definition) is 6. The summed E-state index contributed by atoms with van der Waals surface area (Å²) in [4.78, 5) is 37.1. The molecule has 1 aromatic heterocycles. The van der Waals surface area contributed by atoms with Crippen LogP contribution in [0.3, 0.4) is 0 Å². The van der Waals surface area contributed by atoms with Gasteiger partial charge in [-0.1, -0.05) is 0 Å². The number of aromatic nitrogens is 1. The highest BCUT2D eigenvalue weighted by molar-refractivity contribution is 5.95. The Kier molecular flexibility index (Phi) is 5.51. The predicted molar refractivity (Wildman–Crippen MR) is 90.8 cm³/mol. The summed E-state index contributed by atoms with van der Waals surface area (Å²) >= 11 is 0. The van der Waals surface area contributed by atoms with Crippen LogP contribution < -0.4 is 0 Å². The third kappa shape index (κ3) is 3.94. The molecule has 0 unspecified atom stereocenters. The molecule has 1 heterocycles. The Labute approximate surface area is 148 Å². The van der Waals surface area contributed by atoms with Crippen LogP contribution >= 0.6 is 0 Å². The molecule has 2 aromatic rings. The molecule has 0 saturated heterocycles. The van der Waals surface area contributed by atoms with Gasteiger partial charge in [-0.25, -0.2) is 14.4 Å². The minimum absolute atomic E-state index is 0.0617. The van der Waals surface area contributed by atoms with Gasteiger partial charge in [0, 0.05) is 11.3 Å². The van der Waals surface area contributed by atoms with E-state index in [9.17, 15) is 14.4 Å². The largest absolute Gasteiger partial charge is 0.478 e. The summed E-state index contributed by atoms with van der Waals surface area (Å²) in [5.41, 5.74) is 1.06. The lowest BCUT2D eigenvalue weighted by molar-refractivity contribution is 0.0523. The van der Waals surface area contributed by atoms with Gasteiger partial charge in [0.15, 0.2) is 5.82 Å². The van der Waals surface area contributed by atoms with E-state index in [-0.39, 0.29) is 23.4 Å². The number of H-pyrrole nitrogens is 1. The van der Waals surface area contributed by atoms with Crippen LogP contribution in [0.25, 0.3) is 0 Å². The molecule has 0 fully saturated rings. The molecular formula is C17H17N3O6. The maximum Gasteiger partial charge on any atom is 0.340 e. The van der Waals surface area contributed by atoms with Gasteiger partial charge < -0.3 is 19.9 Å². The average Bonchev–Trinajstić information content (AvgIpc) is 2.86. The van der Waals surface area contributed by atoms with Gasteiger partial charge in [0.2, 0.25) is 0 Å². The number of nitrogens with one attached hydrogen (secondary N) is 1. The van der Waals surface area contributed by atoms with E-state index in [1.54, 1.807) is 20.8 Å². The Morgan fingerprint density at radius 3 is 2.12 bits per heavy atom. The Hall–Kier alpha value is -3.49. The van der Waals surface area contributed by atoms with Crippen LogP contribution in [0.15, 0.2) is 28.4 Å². The van der Waals surface area contributed by atoms with Crippen molar-refractivity contribution in [3.05, 3.63) is 46.1 Å². The maximum atomic E-state index is 12.0. The number of carboxylic acids is 2. The second-order valence-corrected chi connectivity index (χ2v) is 5.40. The minimum Gasteiger partial charge on any atom is -0.478 e. The molecular weight excluding hydrogens is 342 g/mol. The number of carbonyl (C=O) groups excluding carboxylic acids is 1.